The van der Waals surface area contributed by atoms with E-state index in [9.17, 15) is 19.5 Å². The maximum absolute atomic E-state index is 13.1. The molecule has 60 heavy (non-hydrogen) atoms. The summed E-state index contributed by atoms with van der Waals surface area (Å²) in [7, 11) is -5.78. The molecule has 0 heterocycles. The van der Waals surface area contributed by atoms with Gasteiger partial charge in [0.1, 0.15) is 12.2 Å². The highest BCUT2D eigenvalue weighted by atomic mass is 31.2. The zero-order chi connectivity index (χ0) is 45.3. The maximum atomic E-state index is 13.1. The quantitative estimate of drug-likeness (QED) is 0.0130. The molecule has 0 aromatic carbocycles. The van der Waals surface area contributed by atoms with Crippen LogP contribution in [0, 0.1) is 10.8 Å². The highest BCUT2D eigenvalue weighted by Gasteiger charge is 2.33. The first kappa shape index (κ1) is 56.6. The Morgan fingerprint density at radius 3 is 1.20 bits per heavy atom. The van der Waals surface area contributed by atoms with E-state index in [2.05, 4.69) is 25.0 Å². The summed E-state index contributed by atoms with van der Waals surface area (Å²) in [6.07, 6.45) is 5.63. The molecule has 0 aliphatic carbocycles. The normalized spacial score (nSPS) is 13.9. The number of phosphoric ester groups is 1. The van der Waals surface area contributed by atoms with Crippen LogP contribution in [0.15, 0.2) is 25.0 Å². The lowest BCUT2D eigenvalue weighted by Crippen LogP contribution is -2.33. The number of nitrogens with two attached hydrogens (primary N) is 11. The van der Waals surface area contributed by atoms with Gasteiger partial charge in [-0.1, -0.05) is 0 Å². The van der Waals surface area contributed by atoms with Gasteiger partial charge < -0.3 is 92.0 Å². The van der Waals surface area contributed by atoms with E-state index in [0.29, 0.717) is 116 Å². The molecule has 0 radical (unpaired) electrons. The van der Waals surface area contributed by atoms with Crippen molar-refractivity contribution in [3.05, 3.63) is 0 Å². The van der Waals surface area contributed by atoms with Crippen molar-refractivity contribution in [1.29, 1.82) is 0 Å². The fraction of sp³-hybridized carbons (Fsp3) is 0.848. The maximum Gasteiger partial charge on any atom is 0.472 e. The number of hydrogen-bond donors (Lipinski definition) is 14. The Labute approximate surface area is 355 Å². The number of aliphatic hydroxyl groups excluding tert-OH is 1. The van der Waals surface area contributed by atoms with Crippen molar-refractivity contribution in [1.82, 2.24) is 0 Å². The Balaban J connectivity index is 5.76. The second kappa shape index (κ2) is 33.3. The molecule has 0 saturated carbocycles. The summed E-state index contributed by atoms with van der Waals surface area (Å²) in [6, 6.07) is 0. The number of ether oxygens (including phenoxy) is 2. The third-order valence-corrected chi connectivity index (χ3v) is 10.7. The third kappa shape index (κ3) is 30.6. The zero-order valence-electron chi connectivity index (χ0n) is 35.0. The fourth-order valence-corrected chi connectivity index (χ4v) is 7.69. The topological polar surface area (TPSA) is 472 Å². The molecule has 25 N–H and O–H groups in total. The van der Waals surface area contributed by atoms with Gasteiger partial charge in [-0.15, -0.1) is 0 Å². The summed E-state index contributed by atoms with van der Waals surface area (Å²) in [5, 5.41) is 10.1. The van der Waals surface area contributed by atoms with Crippen LogP contribution in [0.3, 0.4) is 0 Å². The number of aliphatic imine (C=N–C) groups is 5. The number of phosphoric acid groups is 1. The SMILES string of the molecule is NCCCC(CCCN=C(N)N)(CCCN=C(N)N)COCC(CO)OP(=O)(O)OCC(COCC(CCCN=C(N)N)(CCCN=C(N)N)CCCN=C(N)N)OPO. The Kier molecular flexibility index (Phi) is 31.4. The molecule has 27 heteroatoms. The van der Waals surface area contributed by atoms with Crippen LogP contribution >= 0.6 is 16.9 Å². The van der Waals surface area contributed by atoms with Crippen molar-refractivity contribution in [2.45, 2.75) is 89.3 Å². The van der Waals surface area contributed by atoms with Crippen LogP contribution < -0.4 is 63.1 Å². The van der Waals surface area contributed by atoms with Gasteiger partial charge in [0.25, 0.3) is 0 Å². The Morgan fingerprint density at radius 1 is 0.567 bits per heavy atom. The molecule has 0 aliphatic heterocycles. The smallest absolute Gasteiger partial charge is 0.394 e. The highest BCUT2D eigenvalue weighted by molar-refractivity contribution is 7.47. The van der Waals surface area contributed by atoms with Gasteiger partial charge in [-0.25, -0.2) is 4.57 Å². The van der Waals surface area contributed by atoms with Crippen LogP contribution in [0.2, 0.25) is 0 Å². The van der Waals surface area contributed by atoms with Gasteiger partial charge >= 0.3 is 7.82 Å². The first-order valence-electron chi connectivity index (χ1n) is 19.9. The number of aliphatic hydroxyl groups is 1. The van der Waals surface area contributed by atoms with Gasteiger partial charge in [0.15, 0.2) is 38.8 Å². The zero-order valence-corrected chi connectivity index (χ0v) is 36.8. The fourth-order valence-electron chi connectivity index (χ4n) is 6.49. The predicted molar refractivity (Wildman–Crippen MR) is 237 cm³/mol. The number of guanidine groups is 5. The lowest BCUT2D eigenvalue weighted by molar-refractivity contribution is -0.0435. The van der Waals surface area contributed by atoms with Crippen LogP contribution in [0.4, 0.5) is 0 Å². The predicted octanol–water partition coefficient (Wildman–Crippen LogP) is -2.62. The second-order valence-corrected chi connectivity index (χ2v) is 16.3. The van der Waals surface area contributed by atoms with Crippen molar-refractivity contribution >= 4 is 46.7 Å². The lowest BCUT2D eigenvalue weighted by Gasteiger charge is -2.34. The largest absolute Gasteiger partial charge is 0.472 e. The summed E-state index contributed by atoms with van der Waals surface area (Å²) in [5.74, 6) is -0.0945. The summed E-state index contributed by atoms with van der Waals surface area (Å²) >= 11 is 0. The van der Waals surface area contributed by atoms with Crippen LogP contribution in [0.5, 0.6) is 0 Å². The van der Waals surface area contributed by atoms with E-state index < -0.39 is 53.1 Å². The molecule has 4 unspecified atom stereocenters. The molecule has 0 aliphatic rings. The molecule has 0 amide bonds. The van der Waals surface area contributed by atoms with Crippen molar-refractivity contribution in [2.24, 2.45) is 98.9 Å². The van der Waals surface area contributed by atoms with E-state index in [1.54, 1.807) is 0 Å². The van der Waals surface area contributed by atoms with Gasteiger partial charge in [-0.2, -0.15) is 0 Å². The van der Waals surface area contributed by atoms with Crippen molar-refractivity contribution in [2.75, 3.05) is 78.9 Å². The molecule has 352 valence electrons. The molecule has 0 bridgehead atoms. The van der Waals surface area contributed by atoms with E-state index in [4.69, 9.17) is 86.1 Å². The highest BCUT2D eigenvalue weighted by Crippen LogP contribution is 2.45. The molecular formula is C33H76N16O9P2. The van der Waals surface area contributed by atoms with Gasteiger partial charge in [-0.3, -0.25) is 34.0 Å². The Morgan fingerprint density at radius 2 is 0.900 bits per heavy atom. The number of nitrogens with zero attached hydrogens (tertiary/aromatic N) is 5. The lowest BCUT2D eigenvalue weighted by atomic mass is 9.76. The van der Waals surface area contributed by atoms with Gasteiger partial charge in [0.2, 0.25) is 0 Å². The molecule has 4 atom stereocenters. The molecule has 0 aromatic heterocycles. The van der Waals surface area contributed by atoms with Crippen LogP contribution in [0.1, 0.15) is 77.0 Å². The minimum atomic E-state index is -4.79. The van der Waals surface area contributed by atoms with E-state index in [1.165, 1.54) is 0 Å². The van der Waals surface area contributed by atoms with Gasteiger partial charge in [0, 0.05) is 32.7 Å². The van der Waals surface area contributed by atoms with Crippen molar-refractivity contribution in [3.8, 4) is 0 Å². The first-order chi connectivity index (χ1) is 28.4. The minimum absolute atomic E-state index is 0.0127. The molecule has 0 rings (SSSR count). The standard InChI is InChI=1S/C33H76N16O9P2/c34-13-1-7-32(8-2-14-45-27(35)36,9-3-15-46-28(37)38)23-54-20-25(19-50)58-60(52,53)56-22-26(57-59-51)21-55-24-33(10-4-16-47-29(39)40,11-5-17-48-30(41)42)12-6-18-49-31(43)44/h25-26,50-51,59H,1-24,34H2,(H,52,53)(H4,35,36,45)(H4,37,38,46)(H4,39,40,47)(H4,41,42,48)(H4,43,44,49). The van der Waals surface area contributed by atoms with Gasteiger partial charge in [0.05, 0.1) is 39.6 Å². The van der Waals surface area contributed by atoms with Crippen LogP contribution in [0.25, 0.3) is 0 Å². The van der Waals surface area contributed by atoms with Gasteiger partial charge in [-0.05, 0) is 94.4 Å². The summed E-state index contributed by atoms with van der Waals surface area (Å²) in [6.45, 7) is 1.31. The molecule has 25 nitrogen and oxygen atoms in total. The first-order valence-corrected chi connectivity index (χ1v) is 22.2. The summed E-state index contributed by atoms with van der Waals surface area (Å²) in [5.41, 5.74) is 60.2. The average Bonchev–Trinajstić information content (AvgIpc) is 3.17. The van der Waals surface area contributed by atoms with Crippen LogP contribution in [-0.2, 0) is 27.6 Å². The van der Waals surface area contributed by atoms with E-state index in [0.717, 1.165) is 0 Å². The van der Waals surface area contributed by atoms with Crippen molar-refractivity contribution < 1.29 is 42.5 Å². The third-order valence-electron chi connectivity index (χ3n) is 9.26. The molecule has 0 aromatic rings. The summed E-state index contributed by atoms with van der Waals surface area (Å²) < 4.78 is 41.2. The molecule has 0 fully saturated rings. The molecule has 0 saturated heterocycles. The summed E-state index contributed by atoms with van der Waals surface area (Å²) in [4.78, 5) is 40.7. The Hall–Kier alpha value is -3.35. The average molecular weight is 903 g/mol. The van der Waals surface area contributed by atoms with E-state index in [1.807, 2.05) is 0 Å². The Bertz CT molecular complexity index is 1250. The molecular weight excluding hydrogens is 826 g/mol. The van der Waals surface area contributed by atoms with E-state index in [-0.39, 0.29) is 56.2 Å². The van der Waals surface area contributed by atoms with E-state index >= 15 is 0 Å². The number of rotatable bonds is 39. The van der Waals surface area contributed by atoms with Crippen molar-refractivity contribution in [3.63, 3.8) is 0 Å². The second-order valence-electron chi connectivity index (χ2n) is 14.5. The molecule has 0 spiro atoms. The minimum Gasteiger partial charge on any atom is -0.394 e. The monoisotopic (exact) mass is 903 g/mol. The van der Waals surface area contributed by atoms with Crippen LogP contribution in [-0.4, -0.2) is 136 Å². The number of hydrogen-bond acceptors (Lipinski definition) is 14.